The molecule has 0 atom stereocenters. The second kappa shape index (κ2) is 8.19. The fourth-order valence-electron chi connectivity index (χ4n) is 1.79. The maximum absolute atomic E-state index is 12.5. The monoisotopic (exact) mass is 331 g/mol. The van der Waals surface area contributed by atoms with E-state index in [1.807, 2.05) is 0 Å². The zero-order valence-corrected chi connectivity index (χ0v) is 13.7. The summed E-state index contributed by atoms with van der Waals surface area (Å²) in [5, 5.41) is 3.43. The molecule has 0 radical (unpaired) electrons. The van der Waals surface area contributed by atoms with Crippen LogP contribution in [0.25, 0.3) is 0 Å². The Kier molecular flexibility index (Phi) is 5.99. The van der Waals surface area contributed by atoms with E-state index in [4.69, 9.17) is 9.47 Å². The summed E-state index contributed by atoms with van der Waals surface area (Å²) in [5.41, 5.74) is 0.944. The Labute approximate surface area is 138 Å². The van der Waals surface area contributed by atoms with Gasteiger partial charge in [0.25, 0.3) is 5.91 Å². The molecule has 120 valence electrons. The van der Waals surface area contributed by atoms with Crippen LogP contribution in [0.15, 0.2) is 48.1 Å². The van der Waals surface area contributed by atoms with Gasteiger partial charge in [0.2, 0.25) is 11.8 Å². The van der Waals surface area contributed by atoms with Gasteiger partial charge in [0.1, 0.15) is 10.7 Å². The average Bonchev–Trinajstić information content (AvgIpc) is 2.60. The summed E-state index contributed by atoms with van der Waals surface area (Å²) in [4.78, 5) is 20.9. The normalized spacial score (nSPS) is 10.0. The molecule has 0 aliphatic heterocycles. The third-order valence-electron chi connectivity index (χ3n) is 2.84. The topological polar surface area (TPSA) is 73.3 Å². The van der Waals surface area contributed by atoms with Gasteiger partial charge < -0.3 is 14.8 Å². The first-order valence-electron chi connectivity index (χ1n) is 6.78. The first-order valence-corrected chi connectivity index (χ1v) is 7.77. The van der Waals surface area contributed by atoms with Crippen LogP contribution in [0, 0.1) is 0 Å². The maximum Gasteiger partial charge on any atom is 0.258 e. The minimum absolute atomic E-state index is 0.280. The highest BCUT2D eigenvalue weighted by molar-refractivity contribution is 7.99. The van der Waals surface area contributed by atoms with Crippen molar-refractivity contribution >= 4 is 23.4 Å². The number of anilines is 1. The number of carbonyl (C=O) groups is 1. The van der Waals surface area contributed by atoms with Crippen molar-refractivity contribution in [3.63, 3.8) is 0 Å². The van der Waals surface area contributed by atoms with Gasteiger partial charge in [0, 0.05) is 18.0 Å². The van der Waals surface area contributed by atoms with Gasteiger partial charge in [-0.2, -0.15) is 4.98 Å². The summed E-state index contributed by atoms with van der Waals surface area (Å²) in [6, 6.07) is 6.76. The molecule has 0 aliphatic carbocycles. The lowest BCUT2D eigenvalue weighted by atomic mass is 10.2. The van der Waals surface area contributed by atoms with Crippen molar-refractivity contribution in [3.8, 4) is 11.8 Å². The van der Waals surface area contributed by atoms with Gasteiger partial charge in [-0.1, -0.05) is 6.08 Å². The largest absolute Gasteiger partial charge is 0.481 e. The molecule has 0 saturated heterocycles. The highest BCUT2D eigenvalue weighted by Crippen LogP contribution is 2.26. The van der Waals surface area contributed by atoms with Crippen molar-refractivity contribution in [1.29, 1.82) is 0 Å². The number of rotatable bonds is 7. The quantitative estimate of drug-likeness (QED) is 0.621. The van der Waals surface area contributed by atoms with Gasteiger partial charge in [-0.3, -0.25) is 4.79 Å². The smallest absolute Gasteiger partial charge is 0.258 e. The van der Waals surface area contributed by atoms with E-state index >= 15 is 0 Å². The minimum atomic E-state index is -0.282. The average molecular weight is 331 g/mol. The highest BCUT2D eigenvalue weighted by Gasteiger charge is 2.15. The van der Waals surface area contributed by atoms with E-state index in [2.05, 4.69) is 21.9 Å². The van der Waals surface area contributed by atoms with Crippen molar-refractivity contribution in [2.24, 2.45) is 0 Å². The van der Waals surface area contributed by atoms with Crippen LogP contribution in [-0.2, 0) is 0 Å². The standard InChI is InChI=1S/C16H17N3O3S/c1-4-10-23-16-11(6-5-9-17-16)14(20)18-12-7-8-13(21-2)19-15(12)22-3/h4-9H,1,10H2,2-3H3,(H,18,20). The molecule has 6 nitrogen and oxygen atoms in total. The number of ether oxygens (including phenoxy) is 2. The van der Waals surface area contributed by atoms with Gasteiger partial charge >= 0.3 is 0 Å². The minimum Gasteiger partial charge on any atom is -0.481 e. The summed E-state index contributed by atoms with van der Waals surface area (Å²) in [5.74, 6) is 1.07. The molecule has 7 heteroatoms. The number of nitrogens with zero attached hydrogens (tertiary/aromatic N) is 2. The Balaban J connectivity index is 2.24. The molecule has 0 fully saturated rings. The number of thioether (sulfide) groups is 1. The Hall–Kier alpha value is -2.54. The first-order chi connectivity index (χ1) is 11.2. The van der Waals surface area contributed by atoms with Crippen LogP contribution in [0.2, 0.25) is 0 Å². The number of aromatic nitrogens is 2. The van der Waals surface area contributed by atoms with Crippen LogP contribution in [0.4, 0.5) is 5.69 Å². The summed E-state index contributed by atoms with van der Waals surface area (Å²) >= 11 is 1.45. The van der Waals surface area contributed by atoms with E-state index in [0.717, 1.165) is 0 Å². The summed E-state index contributed by atoms with van der Waals surface area (Å²) in [7, 11) is 2.99. The second-order valence-electron chi connectivity index (χ2n) is 4.32. The number of hydrogen-bond donors (Lipinski definition) is 1. The van der Waals surface area contributed by atoms with E-state index in [1.165, 1.54) is 26.0 Å². The number of nitrogens with one attached hydrogen (secondary N) is 1. The van der Waals surface area contributed by atoms with Gasteiger partial charge in [0.15, 0.2) is 0 Å². The molecule has 2 aromatic rings. The Morgan fingerprint density at radius 1 is 1.35 bits per heavy atom. The number of pyridine rings is 2. The van der Waals surface area contributed by atoms with Crippen molar-refractivity contribution in [2.45, 2.75) is 5.03 Å². The zero-order valence-electron chi connectivity index (χ0n) is 12.9. The van der Waals surface area contributed by atoms with Crippen LogP contribution >= 0.6 is 11.8 Å². The van der Waals surface area contributed by atoms with Gasteiger partial charge in [-0.15, -0.1) is 18.3 Å². The molecule has 0 saturated carbocycles. The highest BCUT2D eigenvalue weighted by atomic mass is 32.2. The summed E-state index contributed by atoms with van der Waals surface area (Å²) in [6.07, 6.45) is 3.41. The fourth-order valence-corrected chi connectivity index (χ4v) is 2.52. The van der Waals surface area contributed by atoms with Crippen LogP contribution in [0.3, 0.4) is 0 Å². The van der Waals surface area contributed by atoms with Crippen molar-refractivity contribution in [2.75, 3.05) is 25.3 Å². The molecule has 0 unspecified atom stereocenters. The molecule has 0 aromatic carbocycles. The number of hydrogen-bond acceptors (Lipinski definition) is 6. The molecular formula is C16H17N3O3S. The van der Waals surface area contributed by atoms with Crippen LogP contribution < -0.4 is 14.8 Å². The lowest BCUT2D eigenvalue weighted by molar-refractivity contribution is 0.102. The molecular weight excluding hydrogens is 314 g/mol. The molecule has 2 aromatic heterocycles. The lowest BCUT2D eigenvalue weighted by Crippen LogP contribution is -2.14. The number of carbonyl (C=O) groups excluding carboxylic acids is 1. The molecule has 0 bridgehead atoms. The molecule has 1 amide bonds. The van der Waals surface area contributed by atoms with E-state index in [0.29, 0.717) is 27.9 Å². The van der Waals surface area contributed by atoms with Gasteiger partial charge in [0.05, 0.1) is 19.8 Å². The molecule has 2 heterocycles. The summed E-state index contributed by atoms with van der Waals surface area (Å²) < 4.78 is 10.2. The van der Waals surface area contributed by atoms with E-state index in [9.17, 15) is 4.79 Å². The van der Waals surface area contributed by atoms with Gasteiger partial charge in [-0.05, 0) is 18.2 Å². The molecule has 0 aliphatic rings. The van der Waals surface area contributed by atoms with Crippen molar-refractivity contribution in [3.05, 3.63) is 48.7 Å². The molecule has 1 N–H and O–H groups in total. The Bertz CT molecular complexity index is 707. The van der Waals surface area contributed by atoms with E-state index in [1.54, 1.807) is 36.5 Å². The van der Waals surface area contributed by atoms with E-state index < -0.39 is 0 Å². The molecule has 2 rings (SSSR count). The number of amides is 1. The third-order valence-corrected chi connectivity index (χ3v) is 3.84. The second-order valence-corrected chi connectivity index (χ2v) is 5.33. The predicted octanol–water partition coefficient (Wildman–Crippen LogP) is 3.02. The number of methoxy groups -OCH3 is 2. The zero-order chi connectivity index (χ0) is 16.7. The third kappa shape index (κ3) is 4.23. The SMILES string of the molecule is C=CCSc1ncccc1C(=O)Nc1ccc(OC)nc1OC. The fraction of sp³-hybridized carbons (Fsp3) is 0.188. The molecule has 0 spiro atoms. The molecule has 23 heavy (non-hydrogen) atoms. The maximum atomic E-state index is 12.5. The van der Waals surface area contributed by atoms with Crippen LogP contribution in [-0.4, -0.2) is 35.8 Å². The van der Waals surface area contributed by atoms with Crippen molar-refractivity contribution in [1.82, 2.24) is 9.97 Å². The Morgan fingerprint density at radius 3 is 2.87 bits per heavy atom. The lowest BCUT2D eigenvalue weighted by Gasteiger charge is -2.11. The van der Waals surface area contributed by atoms with Crippen LogP contribution in [0.5, 0.6) is 11.8 Å². The van der Waals surface area contributed by atoms with Crippen LogP contribution in [0.1, 0.15) is 10.4 Å². The summed E-state index contributed by atoms with van der Waals surface area (Å²) in [6.45, 7) is 3.67. The van der Waals surface area contributed by atoms with Crippen molar-refractivity contribution < 1.29 is 14.3 Å². The van der Waals surface area contributed by atoms with E-state index in [-0.39, 0.29) is 11.8 Å². The van der Waals surface area contributed by atoms with Gasteiger partial charge in [-0.25, -0.2) is 4.98 Å². The first kappa shape index (κ1) is 16.8. The predicted molar refractivity (Wildman–Crippen MR) is 90.5 cm³/mol. The Morgan fingerprint density at radius 2 is 2.17 bits per heavy atom.